The number of benzene rings is 1. The first-order chi connectivity index (χ1) is 7.27. The van der Waals surface area contributed by atoms with Gasteiger partial charge in [0, 0.05) is 13.2 Å². The largest absolute Gasteiger partial charge is 0.496 e. The average Bonchev–Trinajstić information content (AvgIpc) is 2.30. The third kappa shape index (κ3) is 4.70. The fourth-order valence-electron chi connectivity index (χ4n) is 1.02. The van der Waals surface area contributed by atoms with E-state index in [0.717, 1.165) is 17.1 Å². The molecule has 86 valence electrons. The van der Waals surface area contributed by atoms with E-state index in [-0.39, 0.29) is 6.79 Å². The molecule has 0 atom stereocenters. The summed E-state index contributed by atoms with van der Waals surface area (Å²) in [4.78, 5) is 0. The zero-order chi connectivity index (χ0) is 11.7. The van der Waals surface area contributed by atoms with Crippen LogP contribution in [0.15, 0.2) is 18.2 Å². The molecule has 0 aliphatic rings. The third-order valence-corrected chi connectivity index (χ3v) is 1.72. The number of hydrogen-bond acceptors (Lipinski definition) is 3. The third-order valence-electron chi connectivity index (χ3n) is 1.72. The average molecular weight is 212 g/mol. The van der Waals surface area contributed by atoms with Gasteiger partial charge in [0.15, 0.2) is 6.79 Å². The Morgan fingerprint density at radius 3 is 2.33 bits per heavy atom. The van der Waals surface area contributed by atoms with Crippen LogP contribution in [0.4, 0.5) is 0 Å². The number of methoxy groups -OCH3 is 2. The molecule has 0 spiro atoms. The molecule has 0 N–H and O–H groups in total. The van der Waals surface area contributed by atoms with Crippen molar-refractivity contribution >= 4 is 0 Å². The van der Waals surface area contributed by atoms with Crippen LogP contribution in [-0.4, -0.2) is 21.0 Å². The van der Waals surface area contributed by atoms with E-state index in [4.69, 9.17) is 14.2 Å². The molecule has 0 aromatic heterocycles. The van der Waals surface area contributed by atoms with Crippen molar-refractivity contribution in [3.05, 3.63) is 23.8 Å². The van der Waals surface area contributed by atoms with Gasteiger partial charge in [0.25, 0.3) is 0 Å². The minimum Gasteiger partial charge on any atom is -0.496 e. The van der Waals surface area contributed by atoms with E-state index in [9.17, 15) is 0 Å². The summed E-state index contributed by atoms with van der Waals surface area (Å²) in [6.45, 7) is 6.24. The molecular formula is C12H20O3. The predicted octanol–water partition coefficient (Wildman–Crippen LogP) is 3.01. The smallest absolute Gasteiger partial charge is 0.188 e. The van der Waals surface area contributed by atoms with Crippen molar-refractivity contribution in [2.45, 2.75) is 20.8 Å². The fraction of sp³-hybridized carbons (Fsp3) is 0.500. The van der Waals surface area contributed by atoms with Gasteiger partial charge in [0.05, 0.1) is 7.11 Å². The first kappa shape index (κ1) is 13.8. The van der Waals surface area contributed by atoms with Crippen LogP contribution in [0, 0.1) is 6.92 Å². The van der Waals surface area contributed by atoms with Crippen LogP contribution in [0.3, 0.4) is 0 Å². The van der Waals surface area contributed by atoms with Crippen molar-refractivity contribution in [3.8, 4) is 11.5 Å². The Balaban J connectivity index is 0.000000921. The Labute approximate surface area is 92.0 Å². The lowest BCUT2D eigenvalue weighted by Gasteiger charge is -2.08. The van der Waals surface area contributed by atoms with Crippen molar-refractivity contribution in [1.82, 2.24) is 0 Å². The van der Waals surface area contributed by atoms with Crippen LogP contribution in [-0.2, 0) is 4.74 Å². The van der Waals surface area contributed by atoms with Crippen molar-refractivity contribution in [3.63, 3.8) is 0 Å². The summed E-state index contributed by atoms with van der Waals surface area (Å²) in [6, 6.07) is 5.68. The van der Waals surface area contributed by atoms with Crippen LogP contribution in [0.5, 0.6) is 11.5 Å². The molecule has 1 aromatic rings. The summed E-state index contributed by atoms with van der Waals surface area (Å²) in [5.74, 6) is 1.58. The predicted molar refractivity (Wildman–Crippen MR) is 61.6 cm³/mol. The molecule has 0 aliphatic carbocycles. The molecule has 0 bridgehead atoms. The van der Waals surface area contributed by atoms with Gasteiger partial charge in [-0.15, -0.1) is 0 Å². The first-order valence-corrected chi connectivity index (χ1v) is 5.04. The van der Waals surface area contributed by atoms with Crippen LogP contribution in [0.25, 0.3) is 0 Å². The number of rotatable bonds is 4. The molecule has 3 nitrogen and oxygen atoms in total. The van der Waals surface area contributed by atoms with Crippen molar-refractivity contribution in [2.24, 2.45) is 0 Å². The molecule has 0 heterocycles. The molecule has 1 aromatic carbocycles. The van der Waals surface area contributed by atoms with Gasteiger partial charge in [0.1, 0.15) is 11.5 Å². The van der Waals surface area contributed by atoms with Gasteiger partial charge in [-0.1, -0.05) is 19.9 Å². The Kier molecular flexibility index (Phi) is 7.46. The van der Waals surface area contributed by atoms with Crippen molar-refractivity contribution in [2.75, 3.05) is 21.0 Å². The topological polar surface area (TPSA) is 27.7 Å². The van der Waals surface area contributed by atoms with Crippen LogP contribution in [0.2, 0.25) is 0 Å². The standard InChI is InChI=1S/C10H14O3.C2H6/c1-8-4-5-9(13-7-11-2)6-10(8)12-3;1-2/h4-6H,7H2,1-3H3;1-2H3. The van der Waals surface area contributed by atoms with Gasteiger partial charge in [-0.3, -0.25) is 0 Å². The summed E-state index contributed by atoms with van der Waals surface area (Å²) >= 11 is 0. The maximum Gasteiger partial charge on any atom is 0.188 e. The van der Waals surface area contributed by atoms with Crippen LogP contribution < -0.4 is 9.47 Å². The highest BCUT2D eigenvalue weighted by atomic mass is 16.7. The number of aryl methyl sites for hydroxylation is 1. The van der Waals surface area contributed by atoms with E-state index in [0.29, 0.717) is 0 Å². The second-order valence-corrected chi connectivity index (χ2v) is 2.68. The van der Waals surface area contributed by atoms with Gasteiger partial charge in [-0.2, -0.15) is 0 Å². The lowest BCUT2D eigenvalue weighted by atomic mass is 10.2. The molecule has 0 saturated carbocycles. The molecule has 0 amide bonds. The normalized spacial score (nSPS) is 8.87. The molecule has 15 heavy (non-hydrogen) atoms. The summed E-state index contributed by atoms with van der Waals surface area (Å²) in [7, 11) is 3.23. The van der Waals surface area contributed by atoms with E-state index in [1.54, 1.807) is 14.2 Å². The summed E-state index contributed by atoms with van der Waals surface area (Å²) in [6.07, 6.45) is 0. The van der Waals surface area contributed by atoms with Gasteiger partial charge < -0.3 is 14.2 Å². The van der Waals surface area contributed by atoms with Crippen molar-refractivity contribution < 1.29 is 14.2 Å². The second kappa shape index (κ2) is 8.12. The second-order valence-electron chi connectivity index (χ2n) is 2.68. The maximum atomic E-state index is 5.25. The zero-order valence-electron chi connectivity index (χ0n) is 10.2. The monoisotopic (exact) mass is 212 g/mol. The highest BCUT2D eigenvalue weighted by Crippen LogP contribution is 2.23. The van der Waals surface area contributed by atoms with Crippen LogP contribution in [0.1, 0.15) is 19.4 Å². The quantitative estimate of drug-likeness (QED) is 0.718. The number of hydrogen-bond donors (Lipinski definition) is 0. The minimum absolute atomic E-state index is 0.256. The van der Waals surface area contributed by atoms with Gasteiger partial charge >= 0.3 is 0 Å². The molecular weight excluding hydrogens is 192 g/mol. The molecule has 0 unspecified atom stereocenters. The van der Waals surface area contributed by atoms with E-state index >= 15 is 0 Å². The SMILES string of the molecule is CC.COCOc1ccc(C)c(OC)c1. The van der Waals surface area contributed by atoms with Crippen LogP contribution >= 0.6 is 0 Å². The van der Waals surface area contributed by atoms with E-state index in [1.807, 2.05) is 39.0 Å². The highest BCUT2D eigenvalue weighted by Gasteiger charge is 2.00. The minimum atomic E-state index is 0.256. The Morgan fingerprint density at radius 2 is 1.80 bits per heavy atom. The molecule has 3 heteroatoms. The highest BCUT2D eigenvalue weighted by molar-refractivity contribution is 5.39. The maximum absolute atomic E-state index is 5.25. The first-order valence-electron chi connectivity index (χ1n) is 5.04. The van der Waals surface area contributed by atoms with Crippen molar-refractivity contribution in [1.29, 1.82) is 0 Å². The molecule has 0 fully saturated rings. The zero-order valence-corrected chi connectivity index (χ0v) is 10.2. The van der Waals surface area contributed by atoms with E-state index in [1.165, 1.54) is 0 Å². The summed E-state index contributed by atoms with van der Waals surface area (Å²) in [5.41, 5.74) is 1.09. The molecule has 0 saturated heterocycles. The Hall–Kier alpha value is -1.22. The van der Waals surface area contributed by atoms with E-state index < -0.39 is 0 Å². The van der Waals surface area contributed by atoms with E-state index in [2.05, 4.69) is 0 Å². The van der Waals surface area contributed by atoms with Gasteiger partial charge in [-0.25, -0.2) is 0 Å². The molecule has 0 radical (unpaired) electrons. The lowest BCUT2D eigenvalue weighted by Crippen LogP contribution is -1.99. The fourth-order valence-corrected chi connectivity index (χ4v) is 1.02. The molecule has 1 rings (SSSR count). The molecule has 0 aliphatic heterocycles. The Bertz CT molecular complexity index is 272. The summed E-state index contributed by atoms with van der Waals surface area (Å²) < 4.78 is 15.2. The van der Waals surface area contributed by atoms with Gasteiger partial charge in [-0.05, 0) is 18.6 Å². The Morgan fingerprint density at radius 1 is 1.13 bits per heavy atom. The lowest BCUT2D eigenvalue weighted by molar-refractivity contribution is 0.0510. The number of ether oxygens (including phenoxy) is 3. The van der Waals surface area contributed by atoms with Gasteiger partial charge in [0.2, 0.25) is 0 Å². The summed E-state index contributed by atoms with van der Waals surface area (Å²) in [5, 5.41) is 0.